The van der Waals surface area contributed by atoms with Gasteiger partial charge in [0.25, 0.3) is 0 Å². The van der Waals surface area contributed by atoms with Crippen LogP contribution in [0.2, 0.25) is 0 Å². The lowest BCUT2D eigenvalue weighted by Gasteiger charge is -2.12. The van der Waals surface area contributed by atoms with Crippen molar-refractivity contribution in [2.45, 2.75) is 38.6 Å². The monoisotopic (exact) mass is 222 g/mol. The van der Waals surface area contributed by atoms with Gasteiger partial charge in [0.1, 0.15) is 0 Å². The van der Waals surface area contributed by atoms with Crippen molar-refractivity contribution in [2.75, 3.05) is 0 Å². The first kappa shape index (κ1) is 12.0. The lowest BCUT2D eigenvalue weighted by molar-refractivity contribution is -0.203. The van der Waals surface area contributed by atoms with Crippen LogP contribution in [0.1, 0.15) is 25.5 Å². The van der Waals surface area contributed by atoms with E-state index in [1.54, 1.807) is 4.68 Å². The Labute approximate surface area is 85.5 Å². The van der Waals surface area contributed by atoms with Crippen LogP contribution in [0.4, 0.5) is 13.2 Å². The van der Waals surface area contributed by atoms with Crippen LogP contribution in [0.5, 0.6) is 0 Å². The van der Waals surface area contributed by atoms with Crippen LogP contribution in [0.15, 0.2) is 12.4 Å². The van der Waals surface area contributed by atoms with Crippen molar-refractivity contribution in [2.24, 2.45) is 0 Å². The second-order valence-corrected chi connectivity index (χ2v) is 3.68. The zero-order valence-electron chi connectivity index (χ0n) is 8.49. The molecule has 0 fully saturated rings. The highest BCUT2D eigenvalue weighted by Crippen LogP contribution is 2.22. The normalized spacial score (nSPS) is 14.6. The summed E-state index contributed by atoms with van der Waals surface area (Å²) in [6.45, 7) is 3.74. The summed E-state index contributed by atoms with van der Waals surface area (Å²) in [7, 11) is 0. The first-order valence-electron chi connectivity index (χ1n) is 4.58. The van der Waals surface area contributed by atoms with Crippen LogP contribution in [0.3, 0.4) is 0 Å². The average Bonchev–Trinajstić information content (AvgIpc) is 2.50. The molecular weight excluding hydrogens is 209 g/mol. The van der Waals surface area contributed by atoms with Gasteiger partial charge in [-0.2, -0.15) is 18.3 Å². The molecule has 0 aliphatic carbocycles. The summed E-state index contributed by atoms with van der Waals surface area (Å²) in [5.74, 6) is 0. The summed E-state index contributed by atoms with van der Waals surface area (Å²) in [5.41, 5.74) is 0.383. The summed E-state index contributed by atoms with van der Waals surface area (Å²) >= 11 is 0. The van der Waals surface area contributed by atoms with E-state index < -0.39 is 18.7 Å². The Morgan fingerprint density at radius 3 is 2.47 bits per heavy atom. The molecule has 0 saturated carbocycles. The van der Waals surface area contributed by atoms with Crippen molar-refractivity contribution >= 4 is 0 Å². The Bertz CT molecular complexity index is 319. The largest absolute Gasteiger partial charge is 0.414 e. The van der Waals surface area contributed by atoms with Gasteiger partial charge >= 0.3 is 6.18 Å². The van der Waals surface area contributed by atoms with Crippen molar-refractivity contribution in [3.05, 3.63) is 18.0 Å². The molecule has 0 spiro atoms. The van der Waals surface area contributed by atoms with E-state index in [-0.39, 0.29) is 6.04 Å². The molecule has 0 aliphatic rings. The molecule has 1 unspecified atom stereocenters. The second kappa shape index (κ2) is 4.22. The van der Waals surface area contributed by atoms with E-state index in [0.29, 0.717) is 5.56 Å². The molecule has 0 saturated heterocycles. The second-order valence-electron chi connectivity index (χ2n) is 3.68. The lowest BCUT2D eigenvalue weighted by Crippen LogP contribution is -2.30. The van der Waals surface area contributed by atoms with E-state index in [1.807, 2.05) is 13.8 Å². The molecule has 0 aliphatic heterocycles. The van der Waals surface area contributed by atoms with E-state index in [9.17, 15) is 13.2 Å². The first-order chi connectivity index (χ1) is 6.80. The fourth-order valence-corrected chi connectivity index (χ4v) is 1.10. The predicted molar refractivity (Wildman–Crippen MR) is 48.4 cm³/mol. The number of alkyl halides is 3. The standard InChI is InChI=1S/C9H13F3N2O/c1-6(2)14-5-7(4-13-14)3-8(15)9(10,11)12/h4-6,8,15H,3H2,1-2H3. The highest BCUT2D eigenvalue weighted by molar-refractivity contribution is 5.06. The van der Waals surface area contributed by atoms with Crippen molar-refractivity contribution in [3.8, 4) is 0 Å². The fraction of sp³-hybridized carbons (Fsp3) is 0.667. The van der Waals surface area contributed by atoms with Crippen LogP contribution in [-0.4, -0.2) is 27.2 Å². The van der Waals surface area contributed by atoms with Crippen LogP contribution in [0, 0.1) is 0 Å². The summed E-state index contributed by atoms with van der Waals surface area (Å²) in [6.07, 6.45) is -4.48. The number of aromatic nitrogens is 2. The molecular formula is C9H13F3N2O. The Hall–Kier alpha value is -1.04. The van der Waals surface area contributed by atoms with Crippen LogP contribution in [0.25, 0.3) is 0 Å². The Kier molecular flexibility index (Phi) is 3.38. The maximum atomic E-state index is 12.0. The van der Waals surface area contributed by atoms with Gasteiger partial charge in [-0.15, -0.1) is 0 Å². The fourth-order valence-electron chi connectivity index (χ4n) is 1.10. The number of nitrogens with zero attached hydrogens (tertiary/aromatic N) is 2. The maximum Gasteiger partial charge on any atom is 0.414 e. The highest BCUT2D eigenvalue weighted by Gasteiger charge is 2.38. The van der Waals surface area contributed by atoms with Crippen LogP contribution >= 0.6 is 0 Å². The molecule has 15 heavy (non-hydrogen) atoms. The van der Waals surface area contributed by atoms with Gasteiger partial charge in [-0.05, 0) is 19.4 Å². The summed E-state index contributed by atoms with van der Waals surface area (Å²) in [6, 6.07) is 0.0989. The van der Waals surface area contributed by atoms with Crippen molar-refractivity contribution < 1.29 is 18.3 Å². The number of aliphatic hydroxyl groups excluding tert-OH is 1. The molecule has 0 aromatic carbocycles. The van der Waals surface area contributed by atoms with Crippen LogP contribution in [-0.2, 0) is 6.42 Å². The van der Waals surface area contributed by atoms with E-state index in [0.717, 1.165) is 0 Å². The molecule has 6 heteroatoms. The van der Waals surface area contributed by atoms with Gasteiger partial charge in [-0.1, -0.05) is 0 Å². The van der Waals surface area contributed by atoms with Gasteiger partial charge in [0, 0.05) is 18.7 Å². The number of rotatable bonds is 3. The van der Waals surface area contributed by atoms with Crippen molar-refractivity contribution in [3.63, 3.8) is 0 Å². The lowest BCUT2D eigenvalue weighted by atomic mass is 10.1. The SMILES string of the molecule is CC(C)n1cc(CC(O)C(F)(F)F)cn1. The molecule has 1 atom stereocenters. The zero-order valence-corrected chi connectivity index (χ0v) is 8.49. The summed E-state index contributed by atoms with van der Waals surface area (Å²) in [4.78, 5) is 0. The molecule has 3 nitrogen and oxygen atoms in total. The molecule has 1 heterocycles. The number of hydrogen-bond donors (Lipinski definition) is 1. The van der Waals surface area contributed by atoms with E-state index in [2.05, 4.69) is 5.10 Å². The molecule has 86 valence electrons. The molecule has 1 aromatic heterocycles. The summed E-state index contributed by atoms with van der Waals surface area (Å²) in [5, 5.41) is 12.7. The van der Waals surface area contributed by atoms with Gasteiger partial charge < -0.3 is 5.11 Å². The Morgan fingerprint density at radius 2 is 2.07 bits per heavy atom. The first-order valence-corrected chi connectivity index (χ1v) is 4.58. The van der Waals surface area contributed by atoms with Gasteiger partial charge in [-0.3, -0.25) is 4.68 Å². The predicted octanol–water partition coefficient (Wildman–Crippen LogP) is 1.93. The minimum atomic E-state index is -4.57. The molecule has 1 aromatic rings. The topological polar surface area (TPSA) is 38.0 Å². The molecule has 0 bridgehead atoms. The van der Waals surface area contributed by atoms with Gasteiger partial charge in [-0.25, -0.2) is 0 Å². The van der Waals surface area contributed by atoms with Gasteiger partial charge in [0.05, 0.1) is 6.20 Å². The van der Waals surface area contributed by atoms with Crippen molar-refractivity contribution in [1.82, 2.24) is 9.78 Å². The molecule has 1 N–H and O–H groups in total. The molecule has 0 amide bonds. The van der Waals surface area contributed by atoms with E-state index in [4.69, 9.17) is 5.11 Å². The number of aliphatic hydroxyl groups is 1. The molecule has 0 radical (unpaired) electrons. The maximum absolute atomic E-state index is 12.0. The highest BCUT2D eigenvalue weighted by atomic mass is 19.4. The minimum Gasteiger partial charge on any atom is -0.383 e. The Morgan fingerprint density at radius 1 is 1.47 bits per heavy atom. The number of hydrogen-bond acceptors (Lipinski definition) is 2. The zero-order chi connectivity index (χ0) is 11.6. The third kappa shape index (κ3) is 3.23. The quantitative estimate of drug-likeness (QED) is 0.848. The smallest absolute Gasteiger partial charge is 0.383 e. The van der Waals surface area contributed by atoms with E-state index in [1.165, 1.54) is 12.4 Å². The van der Waals surface area contributed by atoms with Crippen LogP contribution < -0.4 is 0 Å². The van der Waals surface area contributed by atoms with E-state index >= 15 is 0 Å². The third-order valence-electron chi connectivity index (χ3n) is 1.99. The molecule has 1 rings (SSSR count). The Balaban J connectivity index is 2.65. The van der Waals surface area contributed by atoms with Gasteiger partial charge in [0.15, 0.2) is 6.10 Å². The van der Waals surface area contributed by atoms with Crippen molar-refractivity contribution in [1.29, 1.82) is 0 Å². The third-order valence-corrected chi connectivity index (χ3v) is 1.99. The number of halogens is 3. The average molecular weight is 222 g/mol. The van der Waals surface area contributed by atoms with Gasteiger partial charge in [0.2, 0.25) is 0 Å². The minimum absolute atomic E-state index is 0.0989. The summed E-state index contributed by atoms with van der Waals surface area (Å²) < 4.78 is 37.6.